The van der Waals surface area contributed by atoms with E-state index >= 15 is 0 Å². The van der Waals surface area contributed by atoms with Crippen LogP contribution in [-0.4, -0.2) is 73.7 Å². The number of benzene rings is 4. The number of ketones is 2. The molecule has 0 aliphatic heterocycles. The Bertz CT molecular complexity index is 2400. The Morgan fingerprint density at radius 1 is 0.567 bits per heavy atom. The number of thioether (sulfide) groups is 2. The van der Waals surface area contributed by atoms with Crippen LogP contribution in [0.3, 0.4) is 0 Å². The molecule has 2 N–H and O–H groups in total. The number of hydrogen-bond donors (Lipinski definition) is 2. The molecule has 2 aliphatic rings. The maximum absolute atomic E-state index is 12.9. The normalized spacial score (nSPS) is 15.9. The van der Waals surface area contributed by atoms with E-state index in [4.69, 9.17) is 8.06 Å². The molecular weight excluding hydrogens is 1080 g/mol. The molecule has 0 bridgehead atoms. The van der Waals surface area contributed by atoms with Gasteiger partial charge in [-0.15, -0.1) is 23.5 Å². The SMILES string of the molecule is CC(=O)[O][Pb]([O]C(C)=O)([O]C(C)=O)[c]1c(C)cc(C)cc1C.Cc1ccc(SCCC2CC(=O)C(c3c(C)cc(C)cc3C)=C(O)C2)cc1.Cc1ccc(SCCC2CC(=O)C=C(O)C2)cc1. The Labute approximate surface area is 412 Å². The Hall–Kier alpha value is -4.67. The molecule has 4 aromatic rings. The van der Waals surface area contributed by atoms with Crippen molar-refractivity contribution in [3.63, 3.8) is 0 Å². The minimum absolute atomic E-state index is 0.0593. The van der Waals surface area contributed by atoms with Gasteiger partial charge < -0.3 is 10.2 Å². The molecule has 0 radical (unpaired) electrons. The van der Waals surface area contributed by atoms with Crippen LogP contribution in [-0.2, 0) is 32.0 Å². The maximum Gasteiger partial charge on any atom is 0.167 e. The number of hydrogen-bond acceptors (Lipinski definition) is 12. The van der Waals surface area contributed by atoms with Crippen LogP contribution in [0.15, 0.2) is 100 Å². The summed E-state index contributed by atoms with van der Waals surface area (Å²) >= 11 is -1.47. The van der Waals surface area contributed by atoms with Crippen molar-refractivity contribution in [2.45, 2.75) is 124 Å². The van der Waals surface area contributed by atoms with Crippen LogP contribution in [0.1, 0.15) is 109 Å². The van der Waals surface area contributed by atoms with Crippen molar-refractivity contribution >= 4 is 84.2 Å². The van der Waals surface area contributed by atoms with Gasteiger partial charge in [-0.1, -0.05) is 53.1 Å². The second-order valence-corrected chi connectivity index (χ2v) is 28.7. The van der Waals surface area contributed by atoms with Crippen LogP contribution in [0.4, 0.5) is 0 Å². The van der Waals surface area contributed by atoms with Crippen LogP contribution in [0.5, 0.6) is 0 Å². The van der Waals surface area contributed by atoms with Gasteiger partial charge >= 0.3 is 136 Å². The minimum atomic E-state index is -5.10. The number of aryl methyl sites for hydroxylation is 8. The van der Waals surface area contributed by atoms with Gasteiger partial charge in [0.15, 0.2) is 11.6 Å². The molecule has 0 saturated carbocycles. The number of rotatable bonds is 13. The number of aliphatic hydroxyl groups is 2. The van der Waals surface area contributed by atoms with Gasteiger partial charge in [-0.25, -0.2) is 0 Å². The summed E-state index contributed by atoms with van der Waals surface area (Å²) in [6.07, 6.45) is 5.64. The molecule has 0 aromatic heterocycles. The van der Waals surface area contributed by atoms with Gasteiger partial charge in [0, 0.05) is 41.6 Å². The third-order valence-corrected chi connectivity index (χ3v) is 25.2. The Kier molecular flexibility index (Phi) is 21.0. The summed E-state index contributed by atoms with van der Waals surface area (Å²) < 4.78 is 16.6. The summed E-state index contributed by atoms with van der Waals surface area (Å²) in [6.45, 7) is 19.4. The van der Waals surface area contributed by atoms with Crippen LogP contribution in [0, 0.1) is 67.2 Å². The molecule has 6 rings (SSSR count). The summed E-state index contributed by atoms with van der Waals surface area (Å²) in [5, 5.41) is 20.1. The zero-order valence-corrected chi connectivity index (χ0v) is 46.3. The van der Waals surface area contributed by atoms with Crippen molar-refractivity contribution in [1.29, 1.82) is 0 Å². The average Bonchev–Trinajstić information content (AvgIpc) is 3.19. The fourth-order valence-electron chi connectivity index (χ4n) is 8.60. The van der Waals surface area contributed by atoms with Crippen LogP contribution < -0.4 is 3.12 Å². The quantitative estimate of drug-likeness (QED) is 0.0967. The number of allylic oxidation sites excluding steroid dienone is 4. The molecule has 0 saturated heterocycles. The van der Waals surface area contributed by atoms with E-state index in [9.17, 15) is 34.2 Å². The zero-order valence-electron chi connectivity index (χ0n) is 40.8. The Morgan fingerprint density at radius 2 is 0.970 bits per heavy atom. The van der Waals surface area contributed by atoms with Gasteiger partial charge in [-0.2, -0.15) is 0 Å². The molecule has 13 heteroatoms. The summed E-state index contributed by atoms with van der Waals surface area (Å²) in [4.78, 5) is 61.3. The Balaban J connectivity index is 0.000000224. The fourth-order valence-corrected chi connectivity index (χ4v) is 21.0. The third-order valence-electron chi connectivity index (χ3n) is 11.2. The minimum Gasteiger partial charge on any atom is -0.512 e. The number of Topliss-reactive ketones (excluding diaryl/α,β-unsaturated/α-hetero) is 1. The van der Waals surface area contributed by atoms with Crippen LogP contribution >= 0.6 is 23.5 Å². The van der Waals surface area contributed by atoms with E-state index in [1.165, 1.54) is 53.3 Å². The van der Waals surface area contributed by atoms with Gasteiger partial charge in [0.2, 0.25) is 0 Å². The van der Waals surface area contributed by atoms with E-state index in [1.807, 2.05) is 56.4 Å². The molecule has 2 aliphatic carbocycles. The molecule has 10 nitrogen and oxygen atoms in total. The predicted molar refractivity (Wildman–Crippen MR) is 271 cm³/mol. The molecule has 67 heavy (non-hydrogen) atoms. The molecule has 2 atom stereocenters. The van der Waals surface area contributed by atoms with Crippen LogP contribution in [0.25, 0.3) is 5.57 Å². The molecule has 0 spiro atoms. The van der Waals surface area contributed by atoms with Crippen molar-refractivity contribution in [2.24, 2.45) is 11.8 Å². The van der Waals surface area contributed by atoms with Crippen molar-refractivity contribution in [1.82, 2.24) is 0 Å². The van der Waals surface area contributed by atoms with Crippen molar-refractivity contribution in [2.75, 3.05) is 11.5 Å². The van der Waals surface area contributed by atoms with E-state index in [1.54, 1.807) is 13.8 Å². The number of carbonyl (C=O) groups is 5. The van der Waals surface area contributed by atoms with Crippen LogP contribution in [0.2, 0.25) is 0 Å². The first kappa shape index (κ1) is 54.9. The summed E-state index contributed by atoms with van der Waals surface area (Å²) in [5.74, 6) is 1.20. The summed E-state index contributed by atoms with van der Waals surface area (Å²) in [6, 6.07) is 24.9. The van der Waals surface area contributed by atoms with Gasteiger partial charge in [0.05, 0.1) is 11.3 Å². The topological polar surface area (TPSA) is 154 Å². The number of carbonyl (C=O) groups excluding carboxylic acids is 5. The van der Waals surface area contributed by atoms with Crippen molar-refractivity contribution in [3.8, 4) is 0 Å². The molecule has 0 heterocycles. The first-order chi connectivity index (χ1) is 31.5. The van der Waals surface area contributed by atoms with Gasteiger partial charge in [-0.3, -0.25) is 9.59 Å². The average molecular weight is 1150 g/mol. The molecule has 4 aromatic carbocycles. The molecule has 2 unspecified atom stereocenters. The standard InChI is InChI=1S/C24H28O2S.C15H18O2S.C9H11.3C2H4O2.Pb/c1-15-5-7-20(8-6-15)27-10-9-19-13-21(25)24(22(26)14-19)23-17(3)11-16(2)12-18(23)4;1-11-2-4-15(5-3-11)18-7-6-12-8-13(16)10-14(17)9-12;1-7-4-8(2)6-9(3)5-7;3*1-2(3)4;/h5-8,11-12,19,25H,9-10,13-14H2,1-4H3;2-5,10,12,16H,6-9H2,1H3;4-5H,1-3H3;3*1H3,(H,3,4);/q;;;;;;+3/p-3. The summed E-state index contributed by atoms with van der Waals surface area (Å²) in [5.41, 5.74) is 9.87. The van der Waals surface area contributed by atoms with Gasteiger partial charge in [0.1, 0.15) is 5.76 Å². The maximum atomic E-state index is 12.9. The van der Waals surface area contributed by atoms with Gasteiger partial charge in [0.25, 0.3) is 0 Å². The van der Waals surface area contributed by atoms with E-state index in [0.717, 1.165) is 57.7 Å². The molecule has 0 fully saturated rings. The smallest absolute Gasteiger partial charge is 0.167 e. The predicted octanol–water partition coefficient (Wildman–Crippen LogP) is 11.7. The van der Waals surface area contributed by atoms with E-state index in [2.05, 4.69) is 81.4 Å². The van der Waals surface area contributed by atoms with Crippen molar-refractivity contribution < 1.29 is 42.2 Å². The van der Waals surface area contributed by atoms with E-state index in [0.29, 0.717) is 40.3 Å². The monoisotopic (exact) mass is 1150 g/mol. The third kappa shape index (κ3) is 17.1. The second kappa shape index (κ2) is 25.6. The first-order valence-corrected chi connectivity index (χ1v) is 31.2. The Morgan fingerprint density at radius 3 is 1.36 bits per heavy atom. The molecular formula is C54H66O10PbS2. The zero-order chi connectivity index (χ0) is 49.6. The summed E-state index contributed by atoms with van der Waals surface area (Å²) in [7, 11) is 0. The van der Waals surface area contributed by atoms with E-state index in [-0.39, 0.29) is 29.0 Å². The van der Waals surface area contributed by atoms with Gasteiger partial charge in [-0.05, 0) is 112 Å². The molecule has 358 valence electrons. The molecule has 0 amide bonds. The first-order valence-electron chi connectivity index (χ1n) is 22.6. The number of aliphatic hydroxyl groups excluding tert-OH is 2. The largest absolute Gasteiger partial charge is 0.512 e. The van der Waals surface area contributed by atoms with Crippen molar-refractivity contribution in [3.05, 3.63) is 140 Å². The van der Waals surface area contributed by atoms with E-state index < -0.39 is 40.4 Å². The second-order valence-electron chi connectivity index (χ2n) is 17.7. The fraction of sp³-hybridized carbons (Fsp3) is 0.389.